The lowest BCUT2D eigenvalue weighted by Gasteiger charge is -2.59. The molecule has 0 aromatic carbocycles. The number of hydrogen-bond donors (Lipinski definition) is 0. The minimum Gasteiger partial charge on any atom is -0.290 e. The van der Waals surface area contributed by atoms with Crippen LogP contribution in [0.15, 0.2) is 0 Å². The van der Waals surface area contributed by atoms with E-state index in [1.54, 1.807) is 0 Å². The number of fused-ring (bicyclic) bond motifs is 2. The maximum atomic E-state index is 2.94. The zero-order valence-electron chi connectivity index (χ0n) is 19.3. The second-order valence-corrected chi connectivity index (χ2v) is 12.9. The highest BCUT2D eigenvalue weighted by molar-refractivity contribution is 5.12. The van der Waals surface area contributed by atoms with Crippen molar-refractivity contribution in [1.29, 1.82) is 0 Å². The molecule has 2 rings (SSSR count). The second kappa shape index (κ2) is 6.23. The van der Waals surface area contributed by atoms with Crippen LogP contribution in [0.1, 0.15) is 102 Å². The van der Waals surface area contributed by atoms with Crippen molar-refractivity contribution >= 4 is 0 Å². The van der Waals surface area contributed by atoms with Crippen molar-refractivity contribution in [2.45, 2.75) is 138 Å². The maximum absolute atomic E-state index is 2.94. The summed E-state index contributed by atoms with van der Waals surface area (Å²) in [7, 11) is 0. The van der Waals surface area contributed by atoms with Crippen molar-refractivity contribution in [3.8, 4) is 0 Å². The zero-order valence-corrected chi connectivity index (χ0v) is 19.3. The van der Waals surface area contributed by atoms with Crippen LogP contribution in [-0.4, -0.2) is 45.0 Å². The van der Waals surface area contributed by atoms with E-state index in [9.17, 15) is 0 Å². The van der Waals surface area contributed by atoms with E-state index in [4.69, 9.17) is 0 Å². The van der Waals surface area contributed by atoms with Gasteiger partial charge in [-0.2, -0.15) is 0 Å². The highest BCUT2D eigenvalue weighted by atomic mass is 15.4. The predicted molar refractivity (Wildman–Crippen MR) is 111 cm³/mol. The third-order valence-electron chi connectivity index (χ3n) is 6.39. The Morgan fingerprint density at radius 2 is 0.800 bits per heavy atom. The van der Waals surface area contributed by atoms with Gasteiger partial charge in [0.15, 0.2) is 0 Å². The molecule has 0 aromatic heterocycles. The average Bonchev–Trinajstić information content (AvgIpc) is 2.64. The van der Waals surface area contributed by atoms with E-state index in [0.29, 0.717) is 12.1 Å². The Kier molecular flexibility index (Phi) is 5.29. The Hall–Kier alpha value is -0.0800. The molecule has 1 saturated carbocycles. The van der Waals surface area contributed by atoms with Crippen molar-refractivity contribution in [3.05, 3.63) is 0 Å². The normalized spacial score (nSPS) is 33.6. The largest absolute Gasteiger partial charge is 0.290 e. The van der Waals surface area contributed by atoms with E-state index in [0.717, 1.165) is 12.1 Å². The molecular weight excluding hydrogens is 304 g/mol. The van der Waals surface area contributed by atoms with Crippen LogP contribution in [0.3, 0.4) is 0 Å². The monoisotopic (exact) mass is 350 g/mol. The summed E-state index contributed by atoms with van der Waals surface area (Å²) in [5, 5.41) is 0. The first-order valence-corrected chi connectivity index (χ1v) is 10.5. The van der Waals surface area contributed by atoms with Gasteiger partial charge in [0.25, 0.3) is 0 Å². The molecule has 2 nitrogen and oxygen atoms in total. The fourth-order valence-corrected chi connectivity index (χ4v) is 5.91. The number of nitrogens with zero attached hydrogens (tertiary/aromatic N) is 2. The molecular formula is C23H46N2. The summed E-state index contributed by atoms with van der Waals surface area (Å²) in [6, 6.07) is 2.57. The molecule has 1 saturated heterocycles. The predicted octanol–water partition coefficient (Wildman–Crippen LogP) is 5.95. The van der Waals surface area contributed by atoms with Crippen molar-refractivity contribution in [1.82, 2.24) is 9.80 Å². The van der Waals surface area contributed by atoms with Gasteiger partial charge in [-0.3, -0.25) is 9.80 Å². The molecule has 2 aliphatic rings. The van der Waals surface area contributed by atoms with Gasteiger partial charge < -0.3 is 0 Å². The van der Waals surface area contributed by atoms with Crippen LogP contribution < -0.4 is 0 Å². The van der Waals surface area contributed by atoms with Gasteiger partial charge in [-0.25, -0.2) is 0 Å². The van der Waals surface area contributed by atoms with Crippen molar-refractivity contribution in [2.75, 3.05) is 0 Å². The van der Waals surface area contributed by atoms with Gasteiger partial charge in [0, 0.05) is 35.2 Å². The van der Waals surface area contributed by atoms with Crippen LogP contribution in [0.4, 0.5) is 0 Å². The Labute approximate surface area is 158 Å². The van der Waals surface area contributed by atoms with Crippen molar-refractivity contribution < 1.29 is 0 Å². The lowest BCUT2D eigenvalue weighted by atomic mass is 9.68. The van der Waals surface area contributed by atoms with Crippen LogP contribution in [0.25, 0.3) is 0 Å². The van der Waals surface area contributed by atoms with Crippen molar-refractivity contribution in [3.63, 3.8) is 0 Å². The topological polar surface area (TPSA) is 6.48 Å². The van der Waals surface area contributed by atoms with Gasteiger partial charge >= 0.3 is 0 Å². The zero-order chi connectivity index (χ0) is 19.6. The molecule has 4 atom stereocenters. The molecule has 1 heterocycles. The fourth-order valence-electron chi connectivity index (χ4n) is 5.91. The summed E-state index contributed by atoms with van der Waals surface area (Å²) in [4.78, 5) is 5.88. The van der Waals surface area contributed by atoms with Gasteiger partial charge in [0.2, 0.25) is 0 Å². The molecule has 2 fully saturated rings. The summed E-state index contributed by atoms with van der Waals surface area (Å²) in [5.41, 5.74) is 0.905. The summed E-state index contributed by atoms with van der Waals surface area (Å²) in [6.07, 6.45) is 4.06. The van der Waals surface area contributed by atoms with E-state index in [-0.39, 0.29) is 21.9 Å². The van der Waals surface area contributed by atoms with Crippen LogP contribution >= 0.6 is 0 Å². The van der Waals surface area contributed by atoms with Gasteiger partial charge in [-0.05, 0) is 71.6 Å². The molecule has 4 unspecified atom stereocenters. The molecule has 1 aliphatic heterocycles. The quantitative estimate of drug-likeness (QED) is 0.532. The number of hydrogen-bond acceptors (Lipinski definition) is 2. The van der Waals surface area contributed by atoms with E-state index < -0.39 is 0 Å². The average molecular weight is 351 g/mol. The molecule has 1 aliphatic carbocycles. The fraction of sp³-hybridized carbons (Fsp3) is 1.00. The summed E-state index contributed by atoms with van der Waals surface area (Å²) in [6.45, 7) is 29.4. The van der Waals surface area contributed by atoms with E-state index in [2.05, 4.69) is 92.9 Å². The smallest absolute Gasteiger partial charge is 0.0313 e. The molecule has 0 aromatic rings. The van der Waals surface area contributed by atoms with Crippen LogP contribution in [0, 0.1) is 10.8 Å². The standard InChI is InChI=1S/C23H46N2/c1-20(2,3)18-19(21(4,5)6)25(23(10,11)12)17-14-13-16(15-17)24(18)22(7,8)9/h16-19H,13-15H2,1-12H3. The summed E-state index contributed by atoms with van der Waals surface area (Å²) < 4.78 is 0. The maximum Gasteiger partial charge on any atom is 0.0313 e. The van der Waals surface area contributed by atoms with Crippen LogP contribution in [0.2, 0.25) is 0 Å². The molecule has 25 heavy (non-hydrogen) atoms. The first-order valence-electron chi connectivity index (χ1n) is 10.5. The van der Waals surface area contributed by atoms with Gasteiger partial charge in [-0.15, -0.1) is 0 Å². The highest BCUT2D eigenvalue weighted by Crippen LogP contribution is 2.50. The Balaban J connectivity index is 2.72. The summed E-state index contributed by atoms with van der Waals surface area (Å²) in [5.74, 6) is 0. The Bertz CT molecular complexity index is 422. The third kappa shape index (κ3) is 4.10. The first kappa shape index (κ1) is 21.2. The molecule has 148 valence electrons. The van der Waals surface area contributed by atoms with Crippen molar-refractivity contribution in [2.24, 2.45) is 10.8 Å². The van der Waals surface area contributed by atoms with E-state index in [1.165, 1.54) is 19.3 Å². The van der Waals surface area contributed by atoms with E-state index >= 15 is 0 Å². The summed E-state index contributed by atoms with van der Waals surface area (Å²) >= 11 is 0. The SMILES string of the molecule is CC(C)(C)C1C(C(C)(C)C)N(C(C)(C)C)C2CCC(C2)N1C(C)(C)C. The Morgan fingerprint density at radius 1 is 0.520 bits per heavy atom. The lowest BCUT2D eigenvalue weighted by Crippen LogP contribution is -2.69. The van der Waals surface area contributed by atoms with Gasteiger partial charge in [0.1, 0.15) is 0 Å². The van der Waals surface area contributed by atoms with Gasteiger partial charge in [-0.1, -0.05) is 41.5 Å². The molecule has 0 amide bonds. The number of rotatable bonds is 0. The van der Waals surface area contributed by atoms with Crippen LogP contribution in [-0.2, 0) is 0 Å². The molecule has 0 spiro atoms. The molecule has 2 heteroatoms. The van der Waals surface area contributed by atoms with Crippen LogP contribution in [0.5, 0.6) is 0 Å². The first-order chi connectivity index (χ1) is 11.0. The Morgan fingerprint density at radius 3 is 1.00 bits per heavy atom. The minimum atomic E-state index is 0.203. The third-order valence-corrected chi connectivity index (χ3v) is 6.39. The van der Waals surface area contributed by atoms with Gasteiger partial charge in [0.05, 0.1) is 0 Å². The molecule has 2 bridgehead atoms. The highest BCUT2D eigenvalue weighted by Gasteiger charge is 2.57. The molecule has 0 N–H and O–H groups in total. The minimum absolute atomic E-state index is 0.203. The molecule has 0 radical (unpaired) electrons. The second-order valence-electron chi connectivity index (χ2n) is 12.9. The van der Waals surface area contributed by atoms with E-state index in [1.807, 2.05) is 0 Å². The lowest BCUT2D eigenvalue weighted by molar-refractivity contribution is -0.103.